The van der Waals surface area contributed by atoms with Gasteiger partial charge in [-0.05, 0) is 74.7 Å². The summed E-state index contributed by atoms with van der Waals surface area (Å²) in [5.41, 5.74) is 2.16. The van der Waals surface area contributed by atoms with Gasteiger partial charge in [-0.2, -0.15) is 0 Å². The van der Waals surface area contributed by atoms with Crippen molar-refractivity contribution in [1.82, 2.24) is 5.32 Å². The maximum Gasteiger partial charge on any atom is 0.224 e. The predicted octanol–water partition coefficient (Wildman–Crippen LogP) is 4.73. The van der Waals surface area contributed by atoms with Crippen molar-refractivity contribution in [1.29, 1.82) is 0 Å². The summed E-state index contributed by atoms with van der Waals surface area (Å²) in [5, 5.41) is 6.52. The number of halogens is 2. The van der Waals surface area contributed by atoms with Crippen molar-refractivity contribution in [3.8, 4) is 0 Å². The average Bonchev–Trinajstić information content (AvgIpc) is 2.63. The third-order valence-corrected chi connectivity index (χ3v) is 5.97. The molecule has 0 bridgehead atoms. The Morgan fingerprint density at radius 1 is 1.19 bits per heavy atom. The van der Waals surface area contributed by atoms with E-state index in [0.29, 0.717) is 18.3 Å². The number of hydrogen-bond donors (Lipinski definition) is 2. The standard InChI is InChI=1S/C21H33N3O.2ClH/c1-16-8-12-24(13-9-16)20-5-3-4-19(15-20)23-21(25)14-17(2)18-6-10-22-11-7-18;;/h3-5,15-18,22H,6-14H2,1-2H3,(H,23,25);2*1H. The van der Waals surface area contributed by atoms with E-state index in [2.05, 4.69) is 47.6 Å². The zero-order valence-corrected chi connectivity index (χ0v) is 18.2. The number of piperidine rings is 2. The van der Waals surface area contributed by atoms with Crippen LogP contribution in [-0.4, -0.2) is 32.1 Å². The van der Waals surface area contributed by atoms with Crippen LogP contribution in [0.15, 0.2) is 24.3 Å². The minimum atomic E-state index is 0. The first kappa shape index (κ1) is 24.1. The summed E-state index contributed by atoms with van der Waals surface area (Å²) >= 11 is 0. The summed E-state index contributed by atoms with van der Waals surface area (Å²) in [4.78, 5) is 14.9. The molecule has 1 aromatic rings. The topological polar surface area (TPSA) is 44.4 Å². The second kappa shape index (κ2) is 11.8. The highest BCUT2D eigenvalue weighted by Gasteiger charge is 2.22. The molecule has 0 radical (unpaired) electrons. The van der Waals surface area contributed by atoms with E-state index < -0.39 is 0 Å². The van der Waals surface area contributed by atoms with Gasteiger partial charge in [0.05, 0.1) is 0 Å². The van der Waals surface area contributed by atoms with Crippen LogP contribution < -0.4 is 15.5 Å². The fourth-order valence-electron chi connectivity index (χ4n) is 4.13. The van der Waals surface area contributed by atoms with Gasteiger partial charge in [0, 0.05) is 30.9 Å². The normalized spacial score (nSPS) is 19.6. The molecule has 0 aliphatic carbocycles. The van der Waals surface area contributed by atoms with Gasteiger partial charge in [-0.15, -0.1) is 24.8 Å². The van der Waals surface area contributed by atoms with Crippen LogP contribution in [0.2, 0.25) is 0 Å². The van der Waals surface area contributed by atoms with Gasteiger partial charge in [0.15, 0.2) is 0 Å². The van der Waals surface area contributed by atoms with Crippen LogP contribution in [0.1, 0.15) is 46.0 Å². The van der Waals surface area contributed by atoms with Crippen molar-refractivity contribution in [2.75, 3.05) is 36.4 Å². The smallest absolute Gasteiger partial charge is 0.224 e. The highest BCUT2D eigenvalue weighted by Crippen LogP contribution is 2.27. The molecule has 2 N–H and O–H groups in total. The monoisotopic (exact) mass is 415 g/mol. The van der Waals surface area contributed by atoms with Crippen LogP contribution in [-0.2, 0) is 4.79 Å². The van der Waals surface area contributed by atoms with E-state index in [4.69, 9.17) is 0 Å². The lowest BCUT2D eigenvalue weighted by Crippen LogP contribution is -2.33. The van der Waals surface area contributed by atoms with Crippen molar-refractivity contribution >= 4 is 42.1 Å². The molecule has 6 heteroatoms. The highest BCUT2D eigenvalue weighted by molar-refractivity contribution is 5.91. The van der Waals surface area contributed by atoms with Crippen molar-refractivity contribution < 1.29 is 4.79 Å². The first-order valence-electron chi connectivity index (χ1n) is 9.97. The fraction of sp³-hybridized carbons (Fsp3) is 0.667. The Kier molecular flexibility index (Phi) is 10.5. The number of benzene rings is 1. The van der Waals surface area contributed by atoms with Gasteiger partial charge in [0.1, 0.15) is 0 Å². The minimum absolute atomic E-state index is 0. The third-order valence-electron chi connectivity index (χ3n) is 5.97. The second-order valence-corrected chi connectivity index (χ2v) is 8.04. The van der Waals surface area contributed by atoms with Crippen molar-refractivity contribution in [3.05, 3.63) is 24.3 Å². The number of nitrogens with one attached hydrogen (secondary N) is 2. The number of hydrogen-bond acceptors (Lipinski definition) is 3. The number of rotatable bonds is 5. The van der Waals surface area contributed by atoms with Crippen molar-refractivity contribution in [3.63, 3.8) is 0 Å². The SMILES string of the molecule is CC1CCN(c2cccc(NC(=O)CC(C)C3CCNCC3)c2)CC1.Cl.Cl. The fourth-order valence-corrected chi connectivity index (χ4v) is 4.13. The van der Waals surface area contributed by atoms with Crippen LogP contribution in [0, 0.1) is 17.8 Å². The minimum Gasteiger partial charge on any atom is -0.371 e. The maximum atomic E-state index is 12.5. The van der Waals surface area contributed by atoms with Gasteiger partial charge >= 0.3 is 0 Å². The Balaban J connectivity index is 0.00000182. The molecule has 2 fully saturated rings. The van der Waals surface area contributed by atoms with Crippen LogP contribution in [0.3, 0.4) is 0 Å². The van der Waals surface area contributed by atoms with Crippen molar-refractivity contribution in [2.45, 2.75) is 46.0 Å². The van der Waals surface area contributed by atoms with Gasteiger partial charge in [-0.3, -0.25) is 4.79 Å². The molecule has 4 nitrogen and oxygen atoms in total. The molecule has 1 unspecified atom stereocenters. The van der Waals surface area contributed by atoms with E-state index in [1.165, 1.54) is 31.4 Å². The Hall–Kier alpha value is -0.970. The highest BCUT2D eigenvalue weighted by atomic mass is 35.5. The molecule has 3 rings (SSSR count). The maximum absolute atomic E-state index is 12.5. The van der Waals surface area contributed by atoms with Gasteiger partial charge in [-0.1, -0.05) is 19.9 Å². The van der Waals surface area contributed by atoms with E-state index in [1.807, 2.05) is 6.07 Å². The Labute approximate surface area is 176 Å². The molecule has 1 aromatic carbocycles. The number of amides is 1. The zero-order chi connectivity index (χ0) is 17.6. The van der Waals surface area contributed by atoms with Gasteiger partial charge < -0.3 is 15.5 Å². The van der Waals surface area contributed by atoms with Crippen LogP contribution in [0.4, 0.5) is 11.4 Å². The van der Waals surface area contributed by atoms with Crippen molar-refractivity contribution in [2.24, 2.45) is 17.8 Å². The number of anilines is 2. The van der Waals surface area contributed by atoms with Gasteiger partial charge in [-0.25, -0.2) is 0 Å². The van der Waals surface area contributed by atoms with E-state index in [1.54, 1.807) is 0 Å². The first-order valence-corrected chi connectivity index (χ1v) is 9.97. The molecule has 2 saturated heterocycles. The second-order valence-electron chi connectivity index (χ2n) is 8.04. The Morgan fingerprint density at radius 3 is 2.52 bits per heavy atom. The molecule has 27 heavy (non-hydrogen) atoms. The summed E-state index contributed by atoms with van der Waals surface area (Å²) in [6.07, 6.45) is 5.51. The lowest BCUT2D eigenvalue weighted by molar-refractivity contribution is -0.117. The zero-order valence-electron chi connectivity index (χ0n) is 16.6. The van der Waals surface area contributed by atoms with Gasteiger partial charge in [0.25, 0.3) is 0 Å². The van der Waals surface area contributed by atoms with Crippen LogP contribution in [0.25, 0.3) is 0 Å². The largest absolute Gasteiger partial charge is 0.371 e. The molecule has 1 atom stereocenters. The number of carbonyl (C=O) groups excluding carboxylic acids is 1. The summed E-state index contributed by atoms with van der Waals surface area (Å²) < 4.78 is 0. The predicted molar refractivity (Wildman–Crippen MR) is 120 cm³/mol. The molecule has 0 aromatic heterocycles. The number of nitrogens with zero attached hydrogens (tertiary/aromatic N) is 1. The van der Waals surface area contributed by atoms with Crippen LogP contribution >= 0.6 is 24.8 Å². The average molecular weight is 416 g/mol. The molecular formula is C21H35Cl2N3O. The molecular weight excluding hydrogens is 381 g/mol. The van der Waals surface area contributed by atoms with E-state index in [9.17, 15) is 4.79 Å². The lowest BCUT2D eigenvalue weighted by Gasteiger charge is -2.32. The lowest BCUT2D eigenvalue weighted by atomic mass is 9.84. The summed E-state index contributed by atoms with van der Waals surface area (Å²) in [5.74, 6) is 2.11. The summed E-state index contributed by atoms with van der Waals surface area (Å²) in [7, 11) is 0. The molecule has 0 spiro atoms. The molecule has 2 heterocycles. The quantitative estimate of drug-likeness (QED) is 0.729. The molecule has 2 aliphatic rings. The number of carbonyl (C=O) groups is 1. The summed E-state index contributed by atoms with van der Waals surface area (Å²) in [6, 6.07) is 8.34. The van der Waals surface area contributed by atoms with Gasteiger partial charge in [0.2, 0.25) is 5.91 Å². The molecule has 1 amide bonds. The summed E-state index contributed by atoms with van der Waals surface area (Å²) in [6.45, 7) is 8.97. The third kappa shape index (κ3) is 7.17. The van der Waals surface area contributed by atoms with E-state index in [0.717, 1.165) is 37.8 Å². The van der Waals surface area contributed by atoms with Crippen LogP contribution in [0.5, 0.6) is 0 Å². The van der Waals surface area contributed by atoms with E-state index >= 15 is 0 Å². The Bertz CT molecular complexity index is 570. The molecule has 154 valence electrons. The molecule has 2 aliphatic heterocycles. The Morgan fingerprint density at radius 2 is 1.85 bits per heavy atom. The molecule has 0 saturated carbocycles. The first-order chi connectivity index (χ1) is 12.1. The van der Waals surface area contributed by atoms with E-state index in [-0.39, 0.29) is 30.7 Å².